The first kappa shape index (κ1) is 30.2. The van der Waals surface area contributed by atoms with Crippen LogP contribution < -0.4 is 16.9 Å². The first-order valence-electron chi connectivity index (χ1n) is 11.8. The molecule has 3 heterocycles. The quantitative estimate of drug-likeness (QED) is 0.298. The van der Waals surface area contributed by atoms with Crippen molar-refractivity contribution in [2.75, 3.05) is 12.4 Å². The molecule has 3 N–H and O–H groups in total. The van der Waals surface area contributed by atoms with E-state index in [1.54, 1.807) is 11.2 Å². The Morgan fingerprint density at radius 1 is 1.10 bits per heavy atom. The second-order valence-electron chi connectivity index (χ2n) is 8.57. The molecule has 2 atom stereocenters. The third-order valence-electron chi connectivity index (χ3n) is 5.64. The van der Waals surface area contributed by atoms with Crippen LogP contribution in [0, 0.1) is 5.82 Å². The number of rotatable bonds is 7. The predicted molar refractivity (Wildman–Crippen MR) is 133 cm³/mol. The smallest absolute Gasteiger partial charge is 0.397 e. The van der Waals surface area contributed by atoms with E-state index in [1.807, 2.05) is 6.92 Å². The molecule has 8 nitrogen and oxygen atoms in total. The minimum Gasteiger partial charge on any atom is -0.397 e. The number of pyridine rings is 1. The van der Waals surface area contributed by atoms with E-state index in [0.29, 0.717) is 18.2 Å². The van der Waals surface area contributed by atoms with Crippen LogP contribution in [0.3, 0.4) is 0 Å². The van der Waals surface area contributed by atoms with Crippen LogP contribution in [0.5, 0.6) is 0 Å². The Labute approximate surface area is 221 Å². The zero-order chi connectivity index (χ0) is 29.6. The molecule has 0 bridgehead atoms. The summed E-state index contributed by atoms with van der Waals surface area (Å²) in [6.45, 7) is 0.569. The minimum atomic E-state index is -4.74. The summed E-state index contributed by atoms with van der Waals surface area (Å²) < 4.78 is 91.3. The lowest BCUT2D eigenvalue weighted by Crippen LogP contribution is -2.24. The monoisotopic (exact) mass is 572 g/mol. The number of fused-ring (bicyclic) bond motifs is 1. The molecule has 0 aliphatic carbocycles. The van der Waals surface area contributed by atoms with Gasteiger partial charge < -0.3 is 10.3 Å². The molecule has 15 heteroatoms. The van der Waals surface area contributed by atoms with E-state index in [0.717, 1.165) is 24.7 Å². The van der Waals surface area contributed by atoms with E-state index >= 15 is 0 Å². The first-order valence-corrected chi connectivity index (χ1v) is 11.8. The Balaban J connectivity index is 0.000000307. The molecule has 4 aromatic rings. The van der Waals surface area contributed by atoms with Crippen molar-refractivity contribution in [2.45, 2.75) is 44.8 Å². The molecule has 3 aromatic heterocycles. The van der Waals surface area contributed by atoms with Crippen LogP contribution >= 0.6 is 0 Å². The third kappa shape index (κ3) is 7.01. The summed E-state index contributed by atoms with van der Waals surface area (Å²) in [5.74, 6) is -0.743. The Hall–Kier alpha value is -4.30. The highest BCUT2D eigenvalue weighted by Gasteiger charge is 2.36. The standard InChI is InChI=1S/C20H19F4N3O.C5H4F3N3O/c1-2-3-14(22)11-27-5-4-12-6-16(17(23)7-15(12)20(27)28)19-25-9-13(10-26-19)18(24)8-21;6-5(7,8)3-2(9)1-10-11-4(3)12/h4-7,9-10,14,18H,2-3,8,11H2,1H3;1H,(H3,9,11,12). The number of nitrogens with one attached hydrogen (secondary N) is 1. The van der Waals surface area contributed by atoms with E-state index in [-0.39, 0.29) is 28.9 Å². The van der Waals surface area contributed by atoms with Crippen LogP contribution in [0.25, 0.3) is 22.2 Å². The van der Waals surface area contributed by atoms with Crippen LogP contribution in [0.2, 0.25) is 0 Å². The second kappa shape index (κ2) is 12.7. The number of nitrogen functional groups attached to an aromatic ring is 1. The van der Waals surface area contributed by atoms with Crippen molar-refractivity contribution in [1.29, 1.82) is 0 Å². The summed E-state index contributed by atoms with van der Waals surface area (Å²) in [5, 5.41) is 5.30. The SMILES string of the molecule is CCCC(F)Cn1ccc2cc(-c3ncc(C(F)CF)cn3)c(F)cc2c1=O.Nc1cn[nH]c(=O)c1C(F)(F)F. The van der Waals surface area contributed by atoms with E-state index in [4.69, 9.17) is 5.73 Å². The van der Waals surface area contributed by atoms with Crippen molar-refractivity contribution in [2.24, 2.45) is 0 Å². The summed E-state index contributed by atoms with van der Waals surface area (Å²) in [5.41, 5.74) is 0.999. The van der Waals surface area contributed by atoms with Gasteiger partial charge in [0.1, 0.15) is 24.2 Å². The number of halogens is 7. The molecule has 1 aromatic carbocycles. The number of anilines is 1. The van der Waals surface area contributed by atoms with Gasteiger partial charge >= 0.3 is 6.18 Å². The molecule has 0 amide bonds. The topological polar surface area (TPSA) is 120 Å². The molecule has 0 fully saturated rings. The Kier molecular flexibility index (Phi) is 9.60. The second-order valence-corrected chi connectivity index (χ2v) is 8.57. The first-order chi connectivity index (χ1) is 18.9. The fourth-order valence-electron chi connectivity index (χ4n) is 3.67. The lowest BCUT2D eigenvalue weighted by atomic mass is 10.1. The number of alkyl halides is 6. The van der Waals surface area contributed by atoms with E-state index < -0.39 is 53.4 Å². The van der Waals surface area contributed by atoms with Gasteiger partial charge in [0.15, 0.2) is 12.0 Å². The number of aromatic nitrogens is 5. The van der Waals surface area contributed by atoms with Gasteiger partial charge in [0, 0.05) is 24.2 Å². The number of nitrogens with zero attached hydrogens (tertiary/aromatic N) is 4. The zero-order valence-corrected chi connectivity index (χ0v) is 20.9. The lowest BCUT2D eigenvalue weighted by Gasteiger charge is -2.11. The van der Waals surface area contributed by atoms with Gasteiger partial charge in [-0.2, -0.15) is 18.3 Å². The summed E-state index contributed by atoms with van der Waals surface area (Å²) >= 11 is 0. The number of hydrogen-bond donors (Lipinski definition) is 2. The Morgan fingerprint density at radius 2 is 1.77 bits per heavy atom. The molecule has 4 rings (SSSR count). The Bertz CT molecular complexity index is 1570. The zero-order valence-electron chi connectivity index (χ0n) is 20.9. The molecule has 0 saturated heterocycles. The molecule has 0 aliphatic rings. The van der Waals surface area contributed by atoms with Gasteiger partial charge in [0.2, 0.25) is 0 Å². The number of nitrogens with two attached hydrogens (primary N) is 1. The maximum absolute atomic E-state index is 14.6. The molecular formula is C25H23F7N6O2. The fraction of sp³-hybridized carbons (Fsp3) is 0.320. The van der Waals surface area contributed by atoms with Crippen molar-refractivity contribution in [1.82, 2.24) is 24.7 Å². The summed E-state index contributed by atoms with van der Waals surface area (Å²) in [7, 11) is 0. The van der Waals surface area contributed by atoms with Gasteiger partial charge in [-0.3, -0.25) is 9.59 Å². The van der Waals surface area contributed by atoms with Gasteiger partial charge in [-0.1, -0.05) is 13.3 Å². The van der Waals surface area contributed by atoms with Crippen LogP contribution in [0.15, 0.2) is 52.6 Å². The highest BCUT2D eigenvalue weighted by Crippen LogP contribution is 2.29. The fourth-order valence-corrected chi connectivity index (χ4v) is 3.67. The van der Waals surface area contributed by atoms with Gasteiger partial charge in [0.05, 0.1) is 29.4 Å². The highest BCUT2D eigenvalue weighted by atomic mass is 19.4. The van der Waals surface area contributed by atoms with Crippen LogP contribution in [-0.2, 0) is 12.7 Å². The highest BCUT2D eigenvalue weighted by molar-refractivity contribution is 5.86. The Morgan fingerprint density at radius 3 is 2.33 bits per heavy atom. The number of H-pyrrole nitrogens is 1. The van der Waals surface area contributed by atoms with Crippen LogP contribution in [0.1, 0.15) is 37.1 Å². The van der Waals surface area contributed by atoms with Gasteiger partial charge in [-0.15, -0.1) is 0 Å². The van der Waals surface area contributed by atoms with Crippen LogP contribution in [-0.4, -0.2) is 37.6 Å². The number of aromatic amines is 1. The van der Waals surface area contributed by atoms with Gasteiger partial charge in [-0.05, 0) is 30.0 Å². The van der Waals surface area contributed by atoms with Crippen molar-refractivity contribution in [3.63, 3.8) is 0 Å². The van der Waals surface area contributed by atoms with Crippen molar-refractivity contribution < 1.29 is 30.7 Å². The number of benzene rings is 1. The van der Waals surface area contributed by atoms with Crippen molar-refractivity contribution >= 4 is 16.5 Å². The van der Waals surface area contributed by atoms with Crippen molar-refractivity contribution in [3.05, 3.63) is 80.6 Å². The molecule has 40 heavy (non-hydrogen) atoms. The van der Waals surface area contributed by atoms with Crippen molar-refractivity contribution in [3.8, 4) is 11.4 Å². The molecule has 214 valence electrons. The van der Waals surface area contributed by atoms with Gasteiger partial charge in [0.25, 0.3) is 11.1 Å². The summed E-state index contributed by atoms with van der Waals surface area (Å²) in [6.07, 6.45) is -2.31. The summed E-state index contributed by atoms with van der Waals surface area (Å²) in [6, 6.07) is 4.06. The third-order valence-corrected chi connectivity index (χ3v) is 5.64. The normalized spacial score (nSPS) is 13.0. The largest absolute Gasteiger partial charge is 0.423 e. The summed E-state index contributed by atoms with van der Waals surface area (Å²) in [4.78, 5) is 30.9. The minimum absolute atomic E-state index is 0.00912. The van der Waals surface area contributed by atoms with Gasteiger partial charge in [-0.25, -0.2) is 32.6 Å². The average Bonchev–Trinajstić information content (AvgIpc) is 2.90. The van der Waals surface area contributed by atoms with E-state index in [9.17, 15) is 40.3 Å². The predicted octanol–water partition coefficient (Wildman–Crippen LogP) is 5.09. The lowest BCUT2D eigenvalue weighted by molar-refractivity contribution is -0.138. The molecule has 2 unspecified atom stereocenters. The van der Waals surface area contributed by atoms with E-state index in [2.05, 4.69) is 15.1 Å². The average molecular weight is 572 g/mol. The maximum atomic E-state index is 14.6. The molecule has 0 aliphatic heterocycles. The molecule has 0 spiro atoms. The molecule has 0 saturated carbocycles. The van der Waals surface area contributed by atoms with Crippen LogP contribution in [0.4, 0.5) is 36.4 Å². The number of hydrogen-bond acceptors (Lipinski definition) is 6. The van der Waals surface area contributed by atoms with E-state index in [1.165, 1.54) is 16.8 Å². The molecular weight excluding hydrogens is 549 g/mol. The molecule has 0 radical (unpaired) electrons. The maximum Gasteiger partial charge on any atom is 0.423 e.